The maximum atomic E-state index is 15.0. The predicted octanol–water partition coefficient (Wildman–Crippen LogP) is 2.85. The zero-order valence-electron chi connectivity index (χ0n) is 24.3. The van der Waals surface area contributed by atoms with Crippen molar-refractivity contribution in [1.29, 1.82) is 0 Å². The smallest absolute Gasteiger partial charge is 0.308 e. The van der Waals surface area contributed by atoms with Crippen LogP contribution in [0.15, 0.2) is 18.6 Å². The Morgan fingerprint density at radius 3 is 2.37 bits per heavy atom. The Hall–Kier alpha value is -2.90. The highest BCUT2D eigenvalue weighted by molar-refractivity contribution is 5.86. The van der Waals surface area contributed by atoms with E-state index in [1.807, 2.05) is 7.05 Å². The Labute approximate surface area is 238 Å². The first-order valence-electron chi connectivity index (χ1n) is 14.3. The van der Waals surface area contributed by atoms with E-state index in [1.54, 1.807) is 49.4 Å². The Morgan fingerprint density at radius 1 is 1.10 bits per heavy atom. The van der Waals surface area contributed by atoms with Gasteiger partial charge in [-0.2, -0.15) is 0 Å². The number of carbonyl (C=O) groups excluding carboxylic acids is 2. The fourth-order valence-corrected chi connectivity index (χ4v) is 6.18. The summed E-state index contributed by atoms with van der Waals surface area (Å²) in [6.07, 6.45) is 0.0832. The first-order valence-corrected chi connectivity index (χ1v) is 14.3. The lowest BCUT2D eigenvalue weighted by Crippen LogP contribution is -2.54. The first kappa shape index (κ1) is 29.6. The molecule has 5 heterocycles. The average molecular weight is 579 g/mol. The summed E-state index contributed by atoms with van der Waals surface area (Å²) in [6, 6.07) is 1.73. The van der Waals surface area contributed by atoms with Crippen LogP contribution in [0.2, 0.25) is 0 Å². The molecular formula is C28H40F2N6O5. The molecule has 3 aliphatic heterocycles. The van der Waals surface area contributed by atoms with Crippen molar-refractivity contribution in [3.63, 3.8) is 0 Å². The quantitative estimate of drug-likeness (QED) is 0.491. The molecule has 0 aliphatic carbocycles. The van der Waals surface area contributed by atoms with Gasteiger partial charge in [0.15, 0.2) is 18.4 Å². The summed E-state index contributed by atoms with van der Waals surface area (Å²) >= 11 is 0. The van der Waals surface area contributed by atoms with Crippen molar-refractivity contribution < 1.29 is 32.6 Å². The number of halogens is 2. The minimum Gasteiger partial charge on any atom is -0.455 e. The number of hydrogen-bond acceptors (Lipinski definition) is 10. The Balaban J connectivity index is 1.53. The Morgan fingerprint density at radius 2 is 1.73 bits per heavy atom. The molecule has 0 unspecified atom stereocenters. The van der Waals surface area contributed by atoms with E-state index in [2.05, 4.69) is 14.9 Å². The molecule has 2 N–H and O–H groups in total. The maximum absolute atomic E-state index is 15.0. The zero-order valence-corrected chi connectivity index (χ0v) is 24.3. The molecule has 0 radical (unpaired) electrons. The highest BCUT2D eigenvalue weighted by atomic mass is 19.3. The van der Waals surface area contributed by atoms with Gasteiger partial charge < -0.3 is 29.4 Å². The monoisotopic (exact) mass is 578 g/mol. The van der Waals surface area contributed by atoms with E-state index in [0.29, 0.717) is 37.0 Å². The summed E-state index contributed by atoms with van der Waals surface area (Å²) in [5.74, 6) is -4.51. The number of carbonyl (C=O) groups is 2. The second kappa shape index (κ2) is 11.1. The molecule has 226 valence electrons. The lowest BCUT2D eigenvalue weighted by molar-refractivity contribution is -0.172. The normalized spacial score (nSPS) is 28.2. The van der Waals surface area contributed by atoms with Crippen molar-refractivity contribution in [2.24, 2.45) is 11.8 Å². The molecule has 0 saturated carbocycles. The zero-order chi connectivity index (χ0) is 29.7. The summed E-state index contributed by atoms with van der Waals surface area (Å²) in [5, 5.41) is 0.577. The minimum absolute atomic E-state index is 0.0812. The molecule has 2 aromatic heterocycles. The van der Waals surface area contributed by atoms with Gasteiger partial charge in [0.25, 0.3) is 5.92 Å². The highest BCUT2D eigenvalue weighted by Gasteiger charge is 2.58. The number of rotatable bonds is 7. The number of alkyl halides is 2. The lowest BCUT2D eigenvalue weighted by atomic mass is 9.84. The molecule has 3 saturated heterocycles. The standard InChI is InChI=1S/C28H40F2N6O5/c1-16(2)25(37)40-20-19(12-35-14-28(29,30)13-27(35)7-10-34(5)11-8-27)39-24(21(20)41-26(38)17(3)4)36-9-6-18-22(31)32-15-33-23(18)36/h6,9,15-17,19-21,24H,7-8,10-14H2,1-5H3,(H2,31,32,33)/t19-,20-,21-,24-/m1/s1. The topological polar surface area (TPSA) is 125 Å². The summed E-state index contributed by atoms with van der Waals surface area (Å²) in [7, 11) is 1.99. The number of ether oxygens (including phenoxy) is 3. The van der Waals surface area contributed by atoms with Crippen LogP contribution in [0.25, 0.3) is 11.0 Å². The molecule has 41 heavy (non-hydrogen) atoms. The lowest BCUT2D eigenvalue weighted by Gasteiger charge is -2.44. The third-order valence-electron chi connectivity index (χ3n) is 8.55. The van der Waals surface area contributed by atoms with Crippen LogP contribution in [0.3, 0.4) is 0 Å². The first-order chi connectivity index (χ1) is 19.3. The Bertz CT molecular complexity index is 1280. The van der Waals surface area contributed by atoms with Gasteiger partial charge in [0, 0.05) is 24.7 Å². The number of nitrogens with zero attached hydrogens (tertiary/aromatic N) is 5. The number of hydrogen-bond donors (Lipinski definition) is 1. The molecule has 3 fully saturated rings. The fourth-order valence-electron chi connectivity index (χ4n) is 6.18. The number of aromatic nitrogens is 3. The van der Waals surface area contributed by atoms with Crippen molar-refractivity contribution in [3.05, 3.63) is 18.6 Å². The van der Waals surface area contributed by atoms with Crippen LogP contribution in [-0.4, -0.2) is 99.3 Å². The average Bonchev–Trinajstić information content (AvgIpc) is 3.54. The van der Waals surface area contributed by atoms with Gasteiger partial charge in [0.05, 0.1) is 23.8 Å². The molecule has 0 bridgehead atoms. The summed E-state index contributed by atoms with van der Waals surface area (Å²) < 4.78 is 50.1. The van der Waals surface area contributed by atoms with Crippen LogP contribution >= 0.6 is 0 Å². The SMILES string of the molecule is CC(C)C(=O)O[C@@H]1[C@H](OC(=O)C(C)C)[C@@H](CN2CC(F)(F)CC23CCN(C)CC3)O[C@H]1n1ccc2c(N)ncnc21. The molecule has 1 spiro atoms. The summed E-state index contributed by atoms with van der Waals surface area (Å²) in [6.45, 7) is 7.89. The van der Waals surface area contributed by atoms with Crippen LogP contribution in [0, 0.1) is 11.8 Å². The van der Waals surface area contributed by atoms with Gasteiger partial charge in [-0.25, -0.2) is 18.7 Å². The van der Waals surface area contributed by atoms with Gasteiger partial charge in [-0.1, -0.05) is 27.7 Å². The van der Waals surface area contributed by atoms with Crippen molar-refractivity contribution in [2.75, 3.05) is 39.0 Å². The van der Waals surface area contributed by atoms with Gasteiger partial charge in [-0.3, -0.25) is 14.5 Å². The van der Waals surface area contributed by atoms with E-state index < -0.39 is 66.3 Å². The summed E-state index contributed by atoms with van der Waals surface area (Å²) in [4.78, 5) is 38.2. The number of nitrogen functional groups attached to an aromatic ring is 1. The largest absolute Gasteiger partial charge is 0.455 e. The highest BCUT2D eigenvalue weighted by Crippen LogP contribution is 2.47. The molecule has 13 heteroatoms. The molecule has 11 nitrogen and oxygen atoms in total. The molecule has 5 rings (SSSR count). The number of anilines is 1. The van der Waals surface area contributed by atoms with E-state index in [0.717, 1.165) is 0 Å². The number of likely N-dealkylation sites (tertiary alicyclic amines) is 2. The van der Waals surface area contributed by atoms with E-state index in [4.69, 9.17) is 19.9 Å². The van der Waals surface area contributed by atoms with Gasteiger partial charge >= 0.3 is 11.9 Å². The van der Waals surface area contributed by atoms with E-state index in [-0.39, 0.29) is 18.8 Å². The second-order valence-corrected chi connectivity index (χ2v) is 12.3. The van der Waals surface area contributed by atoms with Crippen LogP contribution in [0.4, 0.5) is 14.6 Å². The van der Waals surface area contributed by atoms with Crippen molar-refractivity contribution in [3.8, 4) is 0 Å². The number of nitrogens with two attached hydrogens (primary N) is 1. The van der Waals surface area contributed by atoms with Crippen LogP contribution in [0.5, 0.6) is 0 Å². The van der Waals surface area contributed by atoms with Crippen LogP contribution in [0.1, 0.15) is 53.2 Å². The molecule has 4 atom stereocenters. The third kappa shape index (κ3) is 5.76. The molecule has 0 aromatic carbocycles. The van der Waals surface area contributed by atoms with E-state index in [9.17, 15) is 18.4 Å². The van der Waals surface area contributed by atoms with Crippen molar-refractivity contribution in [2.45, 2.75) is 83.0 Å². The number of esters is 2. The van der Waals surface area contributed by atoms with Crippen LogP contribution in [-0.2, 0) is 23.8 Å². The van der Waals surface area contributed by atoms with Crippen molar-refractivity contribution >= 4 is 28.8 Å². The number of piperidine rings is 1. The maximum Gasteiger partial charge on any atom is 0.308 e. The second-order valence-electron chi connectivity index (χ2n) is 12.3. The van der Waals surface area contributed by atoms with E-state index in [1.165, 1.54) is 6.33 Å². The van der Waals surface area contributed by atoms with E-state index >= 15 is 0 Å². The third-order valence-corrected chi connectivity index (χ3v) is 8.55. The molecular weight excluding hydrogens is 538 g/mol. The van der Waals surface area contributed by atoms with Gasteiger partial charge in [0.1, 0.15) is 23.9 Å². The Kier molecular flexibility index (Phi) is 7.99. The predicted molar refractivity (Wildman–Crippen MR) is 146 cm³/mol. The van der Waals surface area contributed by atoms with Gasteiger partial charge in [0.2, 0.25) is 0 Å². The van der Waals surface area contributed by atoms with Crippen molar-refractivity contribution in [1.82, 2.24) is 24.3 Å². The fraction of sp³-hybridized carbons (Fsp3) is 0.714. The minimum atomic E-state index is -2.85. The van der Waals surface area contributed by atoms with Gasteiger partial charge in [-0.05, 0) is 39.0 Å². The number of fused-ring (bicyclic) bond motifs is 1. The summed E-state index contributed by atoms with van der Waals surface area (Å²) in [5.41, 5.74) is 5.81. The van der Waals surface area contributed by atoms with Gasteiger partial charge in [-0.15, -0.1) is 0 Å². The van der Waals surface area contributed by atoms with Crippen LogP contribution < -0.4 is 5.73 Å². The molecule has 3 aliphatic rings. The molecule has 2 aromatic rings. The molecule has 0 amide bonds.